The molecule has 0 aliphatic rings. The van der Waals surface area contributed by atoms with Gasteiger partial charge in [0.15, 0.2) is 0 Å². The first-order chi connectivity index (χ1) is 6.84. The third-order valence-electron chi connectivity index (χ3n) is 2.67. The van der Waals surface area contributed by atoms with Crippen molar-refractivity contribution in [3.05, 3.63) is 41.8 Å². The summed E-state index contributed by atoms with van der Waals surface area (Å²) in [6.45, 7) is 4.51. The van der Waals surface area contributed by atoms with Crippen molar-refractivity contribution in [1.29, 1.82) is 0 Å². The van der Waals surface area contributed by atoms with Crippen molar-refractivity contribution in [2.75, 3.05) is 0 Å². The average molecular weight is 189 g/mol. The molecule has 0 heterocycles. The highest BCUT2D eigenvalue weighted by molar-refractivity contribution is 5.28. The maximum atomic E-state index is 2.26. The van der Waals surface area contributed by atoms with Gasteiger partial charge in [-0.1, -0.05) is 69.9 Å². The molecule has 0 spiro atoms. The van der Waals surface area contributed by atoms with Crippen molar-refractivity contribution in [2.45, 2.75) is 46.0 Å². The van der Waals surface area contributed by atoms with Crippen molar-refractivity contribution in [3.63, 3.8) is 0 Å². The van der Waals surface area contributed by atoms with E-state index >= 15 is 0 Å². The lowest BCUT2D eigenvalue weighted by atomic mass is 9.95. The fourth-order valence-corrected chi connectivity index (χ4v) is 1.68. The van der Waals surface area contributed by atoms with E-state index in [-0.39, 0.29) is 0 Å². The maximum absolute atomic E-state index is 2.26. The van der Waals surface area contributed by atoms with Gasteiger partial charge < -0.3 is 0 Å². The lowest BCUT2D eigenvalue weighted by Gasteiger charge is -2.10. The third kappa shape index (κ3) is 3.95. The predicted octanol–water partition coefficient (Wildman–Crippen LogP) is 4.60. The first kappa shape index (κ1) is 11.3. The Morgan fingerprint density at radius 1 is 1.00 bits per heavy atom. The quantitative estimate of drug-likeness (QED) is 0.574. The Bertz CT molecular complexity index is 225. The second-order valence-corrected chi connectivity index (χ2v) is 3.96. The zero-order valence-electron chi connectivity index (χ0n) is 9.42. The van der Waals surface area contributed by atoms with Gasteiger partial charge in [0.05, 0.1) is 0 Å². The molecule has 1 aromatic carbocycles. The summed E-state index contributed by atoms with van der Waals surface area (Å²) in [5, 5.41) is 0. The highest BCUT2D eigenvalue weighted by atomic mass is 14.1. The van der Waals surface area contributed by atoms with E-state index in [1.54, 1.807) is 0 Å². The highest BCUT2D eigenvalue weighted by Crippen LogP contribution is 2.20. The molecule has 0 fully saturated rings. The number of hydrogen-bond donors (Lipinski definition) is 0. The molecule has 0 unspecified atom stereocenters. The van der Waals surface area contributed by atoms with E-state index in [0.29, 0.717) is 0 Å². The number of benzene rings is 1. The Labute approximate surface area is 88.4 Å². The molecule has 0 aliphatic heterocycles. The van der Waals surface area contributed by atoms with Gasteiger partial charge in [-0.3, -0.25) is 0 Å². The standard InChI is InChI=1S/C14H21/c1-3-4-5-7-10-13(2)14-11-8-6-9-12-14/h6,8-9,11-12H,3-5,7,10H2,1-2H3. The number of hydrogen-bond acceptors (Lipinski definition) is 0. The Hall–Kier alpha value is -0.780. The minimum Gasteiger partial charge on any atom is -0.0654 e. The normalized spacial score (nSPS) is 10.8. The van der Waals surface area contributed by atoms with Gasteiger partial charge in [-0.05, 0) is 12.0 Å². The summed E-state index contributed by atoms with van der Waals surface area (Å²) >= 11 is 0. The molecule has 14 heavy (non-hydrogen) atoms. The predicted molar refractivity (Wildman–Crippen MR) is 63.2 cm³/mol. The van der Waals surface area contributed by atoms with Gasteiger partial charge >= 0.3 is 0 Å². The van der Waals surface area contributed by atoms with Crippen molar-refractivity contribution in [3.8, 4) is 0 Å². The van der Waals surface area contributed by atoms with Crippen LogP contribution < -0.4 is 0 Å². The largest absolute Gasteiger partial charge is 0.0654 e. The van der Waals surface area contributed by atoms with Crippen LogP contribution in [0.1, 0.15) is 51.5 Å². The third-order valence-corrected chi connectivity index (χ3v) is 2.67. The monoisotopic (exact) mass is 189 g/mol. The molecule has 0 aromatic heterocycles. The molecule has 0 saturated carbocycles. The molecule has 0 heteroatoms. The van der Waals surface area contributed by atoms with E-state index in [2.05, 4.69) is 44.2 Å². The summed E-state index contributed by atoms with van der Waals surface area (Å²) < 4.78 is 0. The van der Waals surface area contributed by atoms with Crippen LogP contribution in [0.25, 0.3) is 0 Å². The van der Waals surface area contributed by atoms with Crippen LogP contribution in [-0.4, -0.2) is 0 Å². The van der Waals surface area contributed by atoms with Gasteiger partial charge in [0.25, 0.3) is 0 Å². The van der Waals surface area contributed by atoms with Gasteiger partial charge in [0, 0.05) is 5.92 Å². The van der Waals surface area contributed by atoms with Crippen molar-refractivity contribution < 1.29 is 0 Å². The fourth-order valence-electron chi connectivity index (χ4n) is 1.68. The van der Waals surface area contributed by atoms with Gasteiger partial charge in [-0.15, -0.1) is 0 Å². The Kier molecular flexibility index (Phi) is 5.36. The Morgan fingerprint density at radius 3 is 2.36 bits per heavy atom. The zero-order valence-corrected chi connectivity index (χ0v) is 9.42. The van der Waals surface area contributed by atoms with E-state index in [4.69, 9.17) is 0 Å². The van der Waals surface area contributed by atoms with E-state index < -0.39 is 0 Å². The first-order valence-electron chi connectivity index (χ1n) is 5.72. The molecular formula is C14H21. The van der Waals surface area contributed by atoms with Crippen LogP contribution in [0.5, 0.6) is 0 Å². The van der Waals surface area contributed by atoms with Gasteiger partial charge in [-0.25, -0.2) is 0 Å². The number of rotatable bonds is 6. The molecular weight excluding hydrogens is 168 g/mol. The molecule has 77 valence electrons. The van der Waals surface area contributed by atoms with Gasteiger partial charge in [-0.2, -0.15) is 0 Å². The van der Waals surface area contributed by atoms with E-state index in [9.17, 15) is 0 Å². The van der Waals surface area contributed by atoms with Crippen LogP contribution in [-0.2, 0) is 0 Å². The smallest absolute Gasteiger partial charge is 0.00189 e. The maximum Gasteiger partial charge on any atom is 0.00189 e. The second kappa shape index (κ2) is 6.64. The summed E-state index contributed by atoms with van der Waals surface area (Å²) in [7, 11) is 0. The molecule has 0 amide bonds. The summed E-state index contributed by atoms with van der Waals surface area (Å²) in [4.78, 5) is 0. The Morgan fingerprint density at radius 2 is 1.71 bits per heavy atom. The van der Waals surface area contributed by atoms with E-state index in [1.807, 2.05) is 0 Å². The minimum absolute atomic E-state index is 1.25. The van der Waals surface area contributed by atoms with Crippen molar-refractivity contribution in [2.24, 2.45) is 0 Å². The molecule has 0 N–H and O–H groups in total. The summed E-state index contributed by atoms with van der Waals surface area (Å²) in [6, 6.07) is 10.7. The van der Waals surface area contributed by atoms with Crippen LogP contribution in [0, 0.1) is 5.92 Å². The van der Waals surface area contributed by atoms with Crippen LogP contribution in [0.3, 0.4) is 0 Å². The molecule has 1 rings (SSSR count). The topological polar surface area (TPSA) is 0 Å². The van der Waals surface area contributed by atoms with Crippen LogP contribution in [0.2, 0.25) is 0 Å². The summed E-state index contributed by atoms with van der Waals surface area (Å²) in [5.41, 5.74) is 1.41. The molecule has 0 aliphatic carbocycles. The fraction of sp³-hybridized carbons (Fsp3) is 0.500. The van der Waals surface area contributed by atoms with Gasteiger partial charge in [0.2, 0.25) is 0 Å². The minimum atomic E-state index is 1.25. The zero-order chi connectivity index (χ0) is 10.2. The summed E-state index contributed by atoms with van der Waals surface area (Å²) in [6.07, 6.45) is 6.67. The highest BCUT2D eigenvalue weighted by Gasteiger charge is 2.04. The van der Waals surface area contributed by atoms with Crippen molar-refractivity contribution >= 4 is 0 Å². The molecule has 0 saturated heterocycles. The van der Waals surface area contributed by atoms with E-state index in [0.717, 1.165) is 0 Å². The lowest BCUT2D eigenvalue weighted by molar-refractivity contribution is 0.646. The van der Waals surface area contributed by atoms with E-state index in [1.165, 1.54) is 43.6 Å². The first-order valence-corrected chi connectivity index (χ1v) is 5.72. The average Bonchev–Trinajstić information content (AvgIpc) is 2.25. The Balaban J connectivity index is 2.25. The van der Waals surface area contributed by atoms with Crippen LogP contribution in [0.15, 0.2) is 30.3 Å². The summed E-state index contributed by atoms with van der Waals surface area (Å²) in [5.74, 6) is 1.53. The second-order valence-electron chi connectivity index (χ2n) is 3.96. The molecule has 0 atom stereocenters. The van der Waals surface area contributed by atoms with Gasteiger partial charge in [0.1, 0.15) is 0 Å². The molecule has 0 nitrogen and oxygen atoms in total. The number of unbranched alkanes of at least 4 members (excludes halogenated alkanes) is 3. The van der Waals surface area contributed by atoms with Crippen molar-refractivity contribution in [1.82, 2.24) is 0 Å². The SMILES string of the molecule is CCCCCC[C](C)c1ccccc1. The molecule has 1 radical (unpaired) electrons. The van der Waals surface area contributed by atoms with Crippen LogP contribution in [0.4, 0.5) is 0 Å². The lowest BCUT2D eigenvalue weighted by Crippen LogP contribution is -1.94. The van der Waals surface area contributed by atoms with Crippen LogP contribution >= 0.6 is 0 Å². The molecule has 0 bridgehead atoms. The molecule has 1 aromatic rings.